The molecule has 0 saturated heterocycles. The maximum absolute atomic E-state index is 11.9. The van der Waals surface area contributed by atoms with Crippen molar-refractivity contribution in [2.75, 3.05) is 0 Å². The lowest BCUT2D eigenvalue weighted by Crippen LogP contribution is -1.94. The molecule has 1 aromatic carbocycles. The minimum atomic E-state index is -0.0657. The number of benzene rings is 1. The van der Waals surface area contributed by atoms with Crippen molar-refractivity contribution >= 4 is 5.78 Å². The number of hydrogen-bond donors (Lipinski definition) is 1. The number of carbonyl (C=O) groups is 1. The van der Waals surface area contributed by atoms with Crippen LogP contribution in [0.15, 0.2) is 36.5 Å². The third-order valence-corrected chi connectivity index (χ3v) is 2.54. The molecule has 0 bridgehead atoms. The van der Waals surface area contributed by atoms with Gasteiger partial charge >= 0.3 is 0 Å². The van der Waals surface area contributed by atoms with Gasteiger partial charge in [-0.1, -0.05) is 24.3 Å². The lowest BCUT2D eigenvalue weighted by atomic mass is 10.1. The summed E-state index contributed by atoms with van der Waals surface area (Å²) < 4.78 is 0. The number of pyridine rings is 1. The lowest BCUT2D eigenvalue weighted by Gasteiger charge is -1.97. The highest BCUT2D eigenvalue weighted by molar-refractivity contribution is 6.21. The van der Waals surface area contributed by atoms with Crippen LogP contribution in [0.3, 0.4) is 0 Å². The van der Waals surface area contributed by atoms with Gasteiger partial charge in [0.2, 0.25) is 0 Å². The van der Waals surface area contributed by atoms with E-state index >= 15 is 0 Å². The van der Waals surface area contributed by atoms with Gasteiger partial charge in [-0.25, -0.2) is 0 Å². The summed E-state index contributed by atoms with van der Waals surface area (Å²) in [4.78, 5) is 16.0. The second-order valence-electron chi connectivity index (χ2n) is 3.46. The number of ketones is 1. The summed E-state index contributed by atoms with van der Waals surface area (Å²) in [6.45, 7) is 0. The first-order valence-electron chi connectivity index (χ1n) is 4.60. The van der Waals surface area contributed by atoms with E-state index in [1.165, 1.54) is 12.3 Å². The molecule has 0 amide bonds. The highest BCUT2D eigenvalue weighted by Crippen LogP contribution is 2.35. The van der Waals surface area contributed by atoms with Gasteiger partial charge in [-0.2, -0.15) is 0 Å². The number of rotatable bonds is 0. The van der Waals surface area contributed by atoms with Crippen molar-refractivity contribution in [3.8, 4) is 17.0 Å². The molecule has 0 radical (unpaired) electrons. The van der Waals surface area contributed by atoms with E-state index in [0.29, 0.717) is 16.8 Å². The summed E-state index contributed by atoms with van der Waals surface area (Å²) in [5.74, 6) is -0.0427. The van der Waals surface area contributed by atoms with E-state index in [9.17, 15) is 9.90 Å². The van der Waals surface area contributed by atoms with E-state index in [2.05, 4.69) is 4.98 Å². The number of nitrogens with zero attached hydrogens (tertiary/aromatic N) is 1. The van der Waals surface area contributed by atoms with Crippen molar-refractivity contribution in [2.45, 2.75) is 0 Å². The van der Waals surface area contributed by atoms with Crippen molar-refractivity contribution in [3.63, 3.8) is 0 Å². The van der Waals surface area contributed by atoms with Gasteiger partial charge in [0.05, 0.1) is 17.5 Å². The van der Waals surface area contributed by atoms with E-state index < -0.39 is 0 Å². The van der Waals surface area contributed by atoms with Crippen molar-refractivity contribution in [3.05, 3.63) is 47.7 Å². The lowest BCUT2D eigenvalue weighted by molar-refractivity contribution is 0.104. The summed E-state index contributed by atoms with van der Waals surface area (Å²) >= 11 is 0. The third-order valence-electron chi connectivity index (χ3n) is 2.54. The van der Waals surface area contributed by atoms with E-state index in [0.717, 1.165) is 5.56 Å². The molecule has 2 aromatic rings. The molecule has 15 heavy (non-hydrogen) atoms. The SMILES string of the molecule is O=C1c2ccccc2-c2ncc(O)cc21. The Hall–Kier alpha value is -2.16. The Morgan fingerprint density at radius 3 is 2.60 bits per heavy atom. The van der Waals surface area contributed by atoms with Crippen LogP contribution < -0.4 is 0 Å². The number of hydrogen-bond acceptors (Lipinski definition) is 3. The Kier molecular flexibility index (Phi) is 1.45. The van der Waals surface area contributed by atoms with Crippen LogP contribution in [0.1, 0.15) is 15.9 Å². The molecule has 1 aliphatic rings. The van der Waals surface area contributed by atoms with Crippen molar-refractivity contribution < 1.29 is 9.90 Å². The van der Waals surface area contributed by atoms with Gasteiger partial charge in [-0.3, -0.25) is 9.78 Å². The first-order chi connectivity index (χ1) is 7.27. The van der Waals surface area contributed by atoms with E-state index in [-0.39, 0.29) is 11.5 Å². The van der Waals surface area contributed by atoms with Crippen LogP contribution in [0.5, 0.6) is 5.75 Å². The zero-order valence-corrected chi connectivity index (χ0v) is 7.77. The predicted octanol–water partition coefficient (Wildman–Crippen LogP) is 2.00. The molecule has 72 valence electrons. The Labute approximate surface area is 86.0 Å². The number of aromatic nitrogens is 1. The van der Waals surface area contributed by atoms with Crippen LogP contribution in [0, 0.1) is 0 Å². The summed E-state index contributed by atoms with van der Waals surface area (Å²) in [7, 11) is 0. The molecule has 0 unspecified atom stereocenters. The molecule has 3 nitrogen and oxygen atoms in total. The van der Waals surface area contributed by atoms with Gasteiger partial charge < -0.3 is 5.11 Å². The minimum absolute atomic E-state index is 0.0231. The van der Waals surface area contributed by atoms with Gasteiger partial charge in [0.25, 0.3) is 0 Å². The molecular formula is C12H7NO2. The quantitative estimate of drug-likeness (QED) is 0.599. The first kappa shape index (κ1) is 8.17. The Morgan fingerprint density at radius 1 is 1.07 bits per heavy atom. The minimum Gasteiger partial charge on any atom is -0.506 e. The molecule has 1 aliphatic carbocycles. The summed E-state index contributed by atoms with van der Waals surface area (Å²) in [6.07, 6.45) is 1.36. The van der Waals surface area contributed by atoms with Gasteiger partial charge in [0, 0.05) is 11.1 Å². The second kappa shape index (κ2) is 2.67. The molecule has 0 aliphatic heterocycles. The number of aromatic hydroxyl groups is 1. The van der Waals surface area contributed by atoms with Crippen LogP contribution in [0.4, 0.5) is 0 Å². The van der Waals surface area contributed by atoms with Gasteiger partial charge in [-0.15, -0.1) is 0 Å². The fourth-order valence-corrected chi connectivity index (χ4v) is 1.87. The van der Waals surface area contributed by atoms with Crippen LogP contribution in [-0.4, -0.2) is 15.9 Å². The predicted molar refractivity (Wildman–Crippen MR) is 54.8 cm³/mol. The molecular weight excluding hydrogens is 190 g/mol. The molecule has 0 atom stereocenters. The van der Waals surface area contributed by atoms with E-state index in [1.54, 1.807) is 6.07 Å². The highest BCUT2D eigenvalue weighted by Gasteiger charge is 2.27. The fraction of sp³-hybridized carbons (Fsp3) is 0. The molecule has 1 N–H and O–H groups in total. The van der Waals surface area contributed by atoms with Crippen LogP contribution >= 0.6 is 0 Å². The molecule has 0 fully saturated rings. The standard InChI is InChI=1S/C12H7NO2/c14-7-5-10-11(13-6-7)8-3-1-2-4-9(8)12(10)15/h1-6,14H. The van der Waals surface area contributed by atoms with Gasteiger partial charge in [0.1, 0.15) is 5.75 Å². The van der Waals surface area contributed by atoms with Crippen molar-refractivity contribution in [1.82, 2.24) is 4.98 Å². The number of carbonyl (C=O) groups excluding carboxylic acids is 1. The Morgan fingerprint density at radius 2 is 1.80 bits per heavy atom. The normalized spacial score (nSPS) is 12.4. The number of fused-ring (bicyclic) bond motifs is 3. The molecule has 3 rings (SSSR count). The molecule has 0 saturated carbocycles. The average Bonchev–Trinajstić information content (AvgIpc) is 2.54. The first-order valence-corrected chi connectivity index (χ1v) is 4.60. The maximum atomic E-state index is 11.9. The van der Waals surface area contributed by atoms with E-state index in [1.807, 2.05) is 18.2 Å². The summed E-state index contributed by atoms with van der Waals surface area (Å²) in [5, 5.41) is 9.28. The topological polar surface area (TPSA) is 50.2 Å². The highest BCUT2D eigenvalue weighted by atomic mass is 16.3. The zero-order chi connectivity index (χ0) is 10.4. The smallest absolute Gasteiger partial charge is 0.196 e. The van der Waals surface area contributed by atoms with Gasteiger partial charge in [0.15, 0.2) is 5.78 Å². The average molecular weight is 197 g/mol. The van der Waals surface area contributed by atoms with Crippen LogP contribution in [0.25, 0.3) is 11.3 Å². The monoisotopic (exact) mass is 197 g/mol. The molecule has 1 aromatic heterocycles. The largest absolute Gasteiger partial charge is 0.506 e. The van der Waals surface area contributed by atoms with Crippen LogP contribution in [-0.2, 0) is 0 Å². The Balaban J connectivity index is 2.38. The summed E-state index contributed by atoms with van der Waals surface area (Å²) in [6, 6.07) is 8.79. The third kappa shape index (κ3) is 1.00. The van der Waals surface area contributed by atoms with Crippen molar-refractivity contribution in [2.24, 2.45) is 0 Å². The van der Waals surface area contributed by atoms with Crippen molar-refractivity contribution in [1.29, 1.82) is 0 Å². The molecule has 1 heterocycles. The van der Waals surface area contributed by atoms with Gasteiger partial charge in [-0.05, 0) is 6.07 Å². The summed E-state index contributed by atoms with van der Waals surface area (Å²) in [5.41, 5.74) is 2.65. The molecule has 3 heteroatoms. The fourth-order valence-electron chi connectivity index (χ4n) is 1.87. The Bertz CT molecular complexity index is 576. The maximum Gasteiger partial charge on any atom is 0.196 e. The van der Waals surface area contributed by atoms with Crippen LogP contribution in [0.2, 0.25) is 0 Å². The zero-order valence-electron chi connectivity index (χ0n) is 7.77. The second-order valence-corrected chi connectivity index (χ2v) is 3.46. The van der Waals surface area contributed by atoms with E-state index in [4.69, 9.17) is 0 Å². The molecule has 0 spiro atoms.